The van der Waals surface area contributed by atoms with E-state index in [0.717, 1.165) is 43.0 Å². The van der Waals surface area contributed by atoms with Gasteiger partial charge in [0.15, 0.2) is 12.5 Å². The average Bonchev–Trinajstić information content (AvgIpc) is 3.01. The summed E-state index contributed by atoms with van der Waals surface area (Å²) in [5, 5.41) is 14.9. The monoisotopic (exact) mass is 395 g/mol. The molecular formula is C22H27N4OS+. The number of nitrogens with zero attached hydrogens (tertiary/aromatic N) is 3. The van der Waals surface area contributed by atoms with Gasteiger partial charge < -0.3 is 10.0 Å². The molecule has 3 aromatic rings. The second-order valence-electron chi connectivity index (χ2n) is 7.73. The van der Waals surface area contributed by atoms with Crippen molar-refractivity contribution in [3.8, 4) is 17.1 Å². The first-order valence-corrected chi connectivity index (χ1v) is 10.3. The van der Waals surface area contributed by atoms with Gasteiger partial charge in [0.1, 0.15) is 12.6 Å². The van der Waals surface area contributed by atoms with E-state index in [1.807, 2.05) is 22.9 Å². The third-order valence-corrected chi connectivity index (χ3v) is 5.98. The number of benzene rings is 2. The molecule has 1 aromatic heterocycles. The smallest absolute Gasteiger partial charge is 0.207 e. The van der Waals surface area contributed by atoms with Gasteiger partial charge in [-0.1, -0.05) is 36.4 Å². The van der Waals surface area contributed by atoms with Crippen LogP contribution in [-0.4, -0.2) is 38.6 Å². The zero-order valence-corrected chi connectivity index (χ0v) is 17.2. The van der Waals surface area contributed by atoms with E-state index in [-0.39, 0.29) is 6.10 Å². The highest BCUT2D eigenvalue weighted by Crippen LogP contribution is 2.23. The highest BCUT2D eigenvalue weighted by molar-refractivity contribution is 7.71. The first-order valence-electron chi connectivity index (χ1n) is 9.87. The molecule has 1 saturated heterocycles. The van der Waals surface area contributed by atoms with Gasteiger partial charge in [-0.3, -0.25) is 4.57 Å². The highest BCUT2D eigenvalue weighted by Gasteiger charge is 2.23. The first kappa shape index (κ1) is 19.1. The van der Waals surface area contributed by atoms with Crippen LogP contribution in [0.25, 0.3) is 17.1 Å². The molecular weight excluding hydrogens is 368 g/mol. The van der Waals surface area contributed by atoms with Gasteiger partial charge in [-0.25, -0.2) is 0 Å². The SMILES string of the molecule is Cc1ccc(-n2c(-c3ccccc3)nn(C[NH+]3CCC[C@H](O)C3)c2=S)cc1C. The number of piperidine rings is 1. The van der Waals surface area contributed by atoms with E-state index in [1.165, 1.54) is 16.0 Å². The van der Waals surface area contributed by atoms with E-state index in [4.69, 9.17) is 17.3 Å². The fourth-order valence-electron chi connectivity index (χ4n) is 3.86. The minimum Gasteiger partial charge on any atom is -0.387 e. The number of aliphatic hydroxyl groups excluding tert-OH is 1. The Bertz CT molecular complexity index is 1020. The Balaban J connectivity index is 1.80. The fourth-order valence-corrected chi connectivity index (χ4v) is 4.16. The maximum Gasteiger partial charge on any atom is 0.207 e. The lowest BCUT2D eigenvalue weighted by molar-refractivity contribution is -0.931. The normalized spacial score (nSPS) is 19.7. The summed E-state index contributed by atoms with van der Waals surface area (Å²) >= 11 is 5.86. The third-order valence-electron chi connectivity index (χ3n) is 5.59. The predicted octanol–water partition coefficient (Wildman–Crippen LogP) is 2.68. The Morgan fingerprint density at radius 2 is 1.93 bits per heavy atom. The summed E-state index contributed by atoms with van der Waals surface area (Å²) < 4.78 is 4.67. The molecule has 5 nitrogen and oxygen atoms in total. The van der Waals surface area contributed by atoms with Gasteiger partial charge in [0.25, 0.3) is 0 Å². The quantitative estimate of drug-likeness (QED) is 0.668. The number of hydrogen-bond acceptors (Lipinski definition) is 3. The Morgan fingerprint density at radius 3 is 2.64 bits per heavy atom. The van der Waals surface area contributed by atoms with Crippen molar-refractivity contribution < 1.29 is 10.0 Å². The molecule has 1 aliphatic rings. The average molecular weight is 396 g/mol. The van der Waals surface area contributed by atoms with Crippen LogP contribution in [0, 0.1) is 18.6 Å². The molecule has 28 heavy (non-hydrogen) atoms. The van der Waals surface area contributed by atoms with E-state index in [0.29, 0.717) is 11.4 Å². The molecule has 6 heteroatoms. The Morgan fingerprint density at radius 1 is 1.14 bits per heavy atom. The number of likely N-dealkylation sites (tertiary alicyclic amines) is 1. The number of hydrogen-bond donors (Lipinski definition) is 2. The highest BCUT2D eigenvalue weighted by atomic mass is 32.1. The third kappa shape index (κ3) is 3.81. The molecule has 0 aliphatic carbocycles. The van der Waals surface area contributed by atoms with Crippen LogP contribution in [0.1, 0.15) is 24.0 Å². The second kappa shape index (κ2) is 7.99. The minimum atomic E-state index is -0.228. The summed E-state index contributed by atoms with van der Waals surface area (Å²) in [6.07, 6.45) is 1.70. The summed E-state index contributed by atoms with van der Waals surface area (Å²) in [6, 6.07) is 16.6. The van der Waals surface area contributed by atoms with Crippen molar-refractivity contribution in [2.24, 2.45) is 0 Å². The second-order valence-corrected chi connectivity index (χ2v) is 8.10. The molecule has 2 N–H and O–H groups in total. The molecule has 4 rings (SSSR count). The predicted molar refractivity (Wildman–Crippen MR) is 113 cm³/mol. The molecule has 0 amide bonds. The molecule has 2 aromatic carbocycles. The van der Waals surface area contributed by atoms with Crippen molar-refractivity contribution in [2.45, 2.75) is 39.5 Å². The van der Waals surface area contributed by atoms with Crippen LogP contribution in [0.3, 0.4) is 0 Å². The van der Waals surface area contributed by atoms with Crippen LogP contribution >= 0.6 is 12.2 Å². The van der Waals surface area contributed by atoms with Crippen LogP contribution in [0.5, 0.6) is 0 Å². The molecule has 146 valence electrons. The number of rotatable bonds is 4. The molecule has 0 spiro atoms. The number of aryl methyl sites for hydroxylation is 2. The zero-order chi connectivity index (χ0) is 19.7. The Labute approximate surface area is 170 Å². The topological polar surface area (TPSA) is 47.4 Å². The van der Waals surface area contributed by atoms with E-state index in [1.54, 1.807) is 0 Å². The first-order chi connectivity index (χ1) is 13.5. The van der Waals surface area contributed by atoms with E-state index >= 15 is 0 Å². The van der Waals surface area contributed by atoms with Crippen molar-refractivity contribution in [3.63, 3.8) is 0 Å². The maximum absolute atomic E-state index is 10.0. The number of aromatic nitrogens is 3. The van der Waals surface area contributed by atoms with Gasteiger partial charge >= 0.3 is 0 Å². The van der Waals surface area contributed by atoms with E-state index < -0.39 is 0 Å². The number of nitrogens with one attached hydrogen (secondary N) is 1. The molecule has 0 bridgehead atoms. The van der Waals surface area contributed by atoms with Crippen molar-refractivity contribution in [2.75, 3.05) is 13.1 Å². The van der Waals surface area contributed by atoms with Gasteiger partial charge in [-0.2, -0.15) is 4.68 Å². The van der Waals surface area contributed by atoms with Crippen LogP contribution in [0.2, 0.25) is 0 Å². The summed E-state index contributed by atoms with van der Waals surface area (Å²) in [5.74, 6) is 0.853. The van der Waals surface area contributed by atoms with E-state index in [2.05, 4.69) is 48.7 Å². The molecule has 0 saturated carbocycles. The minimum absolute atomic E-state index is 0.228. The molecule has 1 aliphatic heterocycles. The van der Waals surface area contributed by atoms with Gasteiger partial charge in [-0.15, -0.1) is 5.10 Å². The molecule has 2 atom stereocenters. The molecule has 2 heterocycles. The van der Waals surface area contributed by atoms with Crippen LogP contribution in [0.4, 0.5) is 0 Å². The summed E-state index contributed by atoms with van der Waals surface area (Å²) in [5.41, 5.74) is 4.57. The summed E-state index contributed by atoms with van der Waals surface area (Å²) in [6.45, 7) is 6.70. The van der Waals surface area contributed by atoms with Gasteiger partial charge in [0, 0.05) is 5.56 Å². The number of quaternary nitrogens is 1. The van der Waals surface area contributed by atoms with Crippen molar-refractivity contribution in [3.05, 3.63) is 64.4 Å². The largest absolute Gasteiger partial charge is 0.387 e. The lowest BCUT2D eigenvalue weighted by Gasteiger charge is -2.26. The lowest BCUT2D eigenvalue weighted by Crippen LogP contribution is -3.13. The van der Waals surface area contributed by atoms with Crippen molar-refractivity contribution in [1.82, 2.24) is 14.3 Å². The van der Waals surface area contributed by atoms with Gasteiger partial charge in [-0.05, 0) is 62.2 Å². The molecule has 1 fully saturated rings. The number of aliphatic hydroxyl groups is 1. The van der Waals surface area contributed by atoms with Crippen LogP contribution in [0.15, 0.2) is 48.5 Å². The lowest BCUT2D eigenvalue weighted by atomic mass is 10.1. The maximum atomic E-state index is 10.0. The summed E-state index contributed by atoms with van der Waals surface area (Å²) in [7, 11) is 0. The molecule has 0 radical (unpaired) electrons. The van der Waals surface area contributed by atoms with Crippen molar-refractivity contribution >= 4 is 12.2 Å². The Kier molecular flexibility index (Phi) is 5.44. The van der Waals surface area contributed by atoms with Crippen LogP contribution in [-0.2, 0) is 6.67 Å². The van der Waals surface area contributed by atoms with Gasteiger partial charge in [0.2, 0.25) is 4.77 Å². The van der Waals surface area contributed by atoms with Crippen molar-refractivity contribution in [1.29, 1.82) is 0 Å². The molecule has 1 unspecified atom stereocenters. The van der Waals surface area contributed by atoms with Crippen LogP contribution < -0.4 is 4.90 Å². The summed E-state index contributed by atoms with van der Waals surface area (Å²) in [4.78, 5) is 1.32. The standard InChI is InChI=1S/C22H26N4OS/c1-16-10-11-19(13-17(16)2)26-21(18-7-4-3-5-8-18)23-25(22(26)28)15-24-12-6-9-20(27)14-24/h3-5,7-8,10-11,13,20,27H,6,9,12,14-15H2,1-2H3/p+1/t20-/m0/s1. The zero-order valence-electron chi connectivity index (χ0n) is 16.4. The fraction of sp³-hybridized carbons (Fsp3) is 0.364. The van der Waals surface area contributed by atoms with E-state index in [9.17, 15) is 5.11 Å². The Hall–Kier alpha value is -2.28. The van der Waals surface area contributed by atoms with Gasteiger partial charge in [0.05, 0.1) is 12.2 Å².